The number of carbonyl (C=O) groups is 3. The Bertz CT molecular complexity index is 940. The highest BCUT2D eigenvalue weighted by molar-refractivity contribution is 5.97. The molecule has 3 N–H and O–H groups in total. The van der Waals surface area contributed by atoms with E-state index in [1.807, 2.05) is 0 Å². The van der Waals surface area contributed by atoms with Crippen LogP contribution in [-0.2, 0) is 9.59 Å². The van der Waals surface area contributed by atoms with Crippen molar-refractivity contribution in [3.8, 4) is 17.2 Å². The van der Waals surface area contributed by atoms with E-state index < -0.39 is 37.0 Å². The van der Waals surface area contributed by atoms with E-state index in [2.05, 4.69) is 20.9 Å². The average Bonchev–Trinajstić information content (AvgIpc) is 2.75. The maximum Gasteiger partial charge on any atom is 0.387 e. The van der Waals surface area contributed by atoms with Crippen LogP contribution in [0.3, 0.4) is 0 Å². The van der Waals surface area contributed by atoms with Crippen LogP contribution in [0, 0.1) is 0 Å². The van der Waals surface area contributed by atoms with Crippen molar-refractivity contribution in [3.63, 3.8) is 0 Å². The van der Waals surface area contributed by atoms with Crippen molar-refractivity contribution in [2.45, 2.75) is 12.7 Å². The Morgan fingerprint density at radius 1 is 1.07 bits per heavy atom. The van der Waals surface area contributed by atoms with Crippen molar-refractivity contribution < 1.29 is 37.4 Å². The first-order valence-electron chi connectivity index (χ1n) is 8.72. The predicted molar refractivity (Wildman–Crippen MR) is 98.0 cm³/mol. The summed E-state index contributed by atoms with van der Waals surface area (Å²) in [6.07, 6.45) is -0.965. The largest absolute Gasteiger partial charge is 0.485 e. The lowest BCUT2D eigenvalue weighted by molar-refractivity contribution is -0.134. The minimum atomic E-state index is -3.02. The molecule has 3 amide bonds. The Morgan fingerprint density at radius 2 is 1.83 bits per heavy atom. The molecular formula is C19H17F2N3O6. The zero-order valence-electron chi connectivity index (χ0n) is 15.4. The summed E-state index contributed by atoms with van der Waals surface area (Å²) in [5.74, 6) is -1.31. The fraction of sp³-hybridized carbons (Fsp3) is 0.211. The molecule has 0 saturated heterocycles. The maximum atomic E-state index is 12.2. The molecule has 0 saturated carbocycles. The monoisotopic (exact) mass is 421 g/mol. The van der Waals surface area contributed by atoms with Gasteiger partial charge in [0.25, 0.3) is 17.7 Å². The van der Waals surface area contributed by atoms with Gasteiger partial charge in [-0.1, -0.05) is 18.2 Å². The average molecular weight is 421 g/mol. The number of amides is 3. The molecular weight excluding hydrogens is 404 g/mol. The third-order valence-electron chi connectivity index (χ3n) is 3.86. The summed E-state index contributed by atoms with van der Waals surface area (Å²) in [6, 6.07) is 11.9. The lowest BCUT2D eigenvalue weighted by Gasteiger charge is -2.25. The summed E-state index contributed by atoms with van der Waals surface area (Å²) in [5.41, 5.74) is 4.34. The number of ether oxygens (including phenoxy) is 3. The van der Waals surface area contributed by atoms with Gasteiger partial charge in [0.1, 0.15) is 12.4 Å². The molecule has 0 fully saturated rings. The van der Waals surface area contributed by atoms with Crippen molar-refractivity contribution in [1.29, 1.82) is 0 Å². The molecule has 0 aliphatic carbocycles. The molecule has 3 rings (SSSR count). The Hall–Kier alpha value is -3.89. The molecule has 0 unspecified atom stereocenters. The third-order valence-corrected chi connectivity index (χ3v) is 3.86. The fourth-order valence-electron chi connectivity index (χ4n) is 2.48. The predicted octanol–water partition coefficient (Wildman–Crippen LogP) is 1.01. The van der Waals surface area contributed by atoms with Gasteiger partial charge in [-0.25, -0.2) is 0 Å². The Kier molecular flexibility index (Phi) is 6.63. The van der Waals surface area contributed by atoms with Crippen LogP contribution >= 0.6 is 0 Å². The minimum Gasteiger partial charge on any atom is -0.485 e. The second-order valence-electron chi connectivity index (χ2n) is 5.99. The first-order chi connectivity index (χ1) is 14.4. The van der Waals surface area contributed by atoms with E-state index in [0.29, 0.717) is 11.5 Å². The van der Waals surface area contributed by atoms with Gasteiger partial charge in [-0.05, 0) is 30.3 Å². The Labute approximate surface area is 169 Å². The zero-order chi connectivity index (χ0) is 21.5. The van der Waals surface area contributed by atoms with Gasteiger partial charge < -0.3 is 19.5 Å². The lowest BCUT2D eigenvalue weighted by atomic mass is 10.2. The first kappa shape index (κ1) is 20.8. The Morgan fingerprint density at radius 3 is 2.60 bits per heavy atom. The number of halogens is 2. The van der Waals surface area contributed by atoms with Gasteiger partial charge in [0.05, 0.1) is 6.54 Å². The van der Waals surface area contributed by atoms with E-state index in [4.69, 9.17) is 9.47 Å². The fourth-order valence-corrected chi connectivity index (χ4v) is 2.48. The summed E-state index contributed by atoms with van der Waals surface area (Å²) in [4.78, 5) is 36.0. The number of hydrogen-bond acceptors (Lipinski definition) is 6. The number of rotatable bonds is 6. The third kappa shape index (κ3) is 5.56. The molecule has 2 aromatic carbocycles. The quantitative estimate of drug-likeness (QED) is 0.600. The maximum absolute atomic E-state index is 12.2. The van der Waals surface area contributed by atoms with Crippen molar-refractivity contribution in [2.24, 2.45) is 0 Å². The van der Waals surface area contributed by atoms with Gasteiger partial charge in [-0.2, -0.15) is 8.78 Å². The number of nitrogens with one attached hydrogen (secondary N) is 3. The van der Waals surface area contributed by atoms with Crippen LogP contribution in [0.5, 0.6) is 17.2 Å². The van der Waals surface area contributed by atoms with Crippen LogP contribution < -0.4 is 30.4 Å². The Balaban J connectivity index is 1.43. The first-order valence-corrected chi connectivity index (χ1v) is 8.72. The number of fused-ring (bicyclic) bond motifs is 1. The molecule has 0 aromatic heterocycles. The van der Waals surface area contributed by atoms with E-state index in [1.165, 1.54) is 18.2 Å². The topological polar surface area (TPSA) is 115 Å². The van der Waals surface area contributed by atoms with Gasteiger partial charge in [0, 0.05) is 5.56 Å². The summed E-state index contributed by atoms with van der Waals surface area (Å²) in [5, 5.41) is 2.29. The molecule has 9 nitrogen and oxygen atoms in total. The summed E-state index contributed by atoms with van der Waals surface area (Å²) in [6.45, 7) is -3.53. The molecule has 1 aliphatic heterocycles. The summed E-state index contributed by atoms with van der Waals surface area (Å²) < 4.78 is 39.6. The van der Waals surface area contributed by atoms with Crippen LogP contribution in [0.4, 0.5) is 8.78 Å². The van der Waals surface area contributed by atoms with Crippen LogP contribution in [-0.4, -0.2) is 43.6 Å². The highest BCUT2D eigenvalue weighted by atomic mass is 19.3. The van der Waals surface area contributed by atoms with E-state index in [9.17, 15) is 23.2 Å². The molecule has 1 atom stereocenters. The minimum absolute atomic E-state index is 0.0244. The van der Waals surface area contributed by atoms with Gasteiger partial charge in [-0.15, -0.1) is 0 Å². The molecule has 1 aliphatic rings. The van der Waals surface area contributed by atoms with E-state index in [0.717, 1.165) is 6.07 Å². The molecule has 0 spiro atoms. The highest BCUT2D eigenvalue weighted by Crippen LogP contribution is 2.30. The highest BCUT2D eigenvalue weighted by Gasteiger charge is 2.27. The van der Waals surface area contributed by atoms with Gasteiger partial charge in [0.2, 0.25) is 6.10 Å². The summed E-state index contributed by atoms with van der Waals surface area (Å²) >= 11 is 0. The van der Waals surface area contributed by atoms with Crippen LogP contribution in [0.1, 0.15) is 10.4 Å². The van der Waals surface area contributed by atoms with Gasteiger partial charge in [0.15, 0.2) is 11.5 Å². The summed E-state index contributed by atoms with van der Waals surface area (Å²) in [7, 11) is 0. The molecule has 30 heavy (non-hydrogen) atoms. The second-order valence-corrected chi connectivity index (χ2v) is 5.99. The van der Waals surface area contributed by atoms with Crippen LogP contribution in [0.2, 0.25) is 0 Å². The van der Waals surface area contributed by atoms with Gasteiger partial charge in [-0.3, -0.25) is 25.2 Å². The molecule has 0 bridgehead atoms. The second kappa shape index (κ2) is 9.54. The number of carbonyl (C=O) groups excluding carboxylic acids is 3. The SMILES string of the molecule is O=C(CNC(=O)c1cccc(OC(F)F)c1)NNC(=O)[C@@H]1COc2ccccc2O1. The molecule has 11 heteroatoms. The normalized spacial score (nSPS) is 14.6. The van der Waals surface area contributed by atoms with Crippen molar-refractivity contribution in [3.05, 3.63) is 54.1 Å². The molecule has 0 radical (unpaired) electrons. The van der Waals surface area contributed by atoms with E-state index >= 15 is 0 Å². The molecule has 158 valence electrons. The van der Waals surface area contributed by atoms with E-state index in [-0.39, 0.29) is 17.9 Å². The number of hydrazine groups is 1. The van der Waals surface area contributed by atoms with Gasteiger partial charge >= 0.3 is 6.61 Å². The van der Waals surface area contributed by atoms with Crippen molar-refractivity contribution in [2.75, 3.05) is 13.2 Å². The number of para-hydroxylation sites is 2. The standard InChI is InChI=1S/C19H17F2N3O6/c20-19(21)29-12-5-3-4-11(8-12)17(26)22-9-16(25)23-24-18(27)15-10-28-13-6-1-2-7-14(13)30-15/h1-8,15,19H,9-10H2,(H,22,26)(H,23,25)(H,24,27)/t15-/m0/s1. The lowest BCUT2D eigenvalue weighted by Crippen LogP contribution is -2.52. The molecule has 1 heterocycles. The number of benzene rings is 2. The smallest absolute Gasteiger partial charge is 0.387 e. The molecule has 2 aromatic rings. The van der Waals surface area contributed by atoms with Crippen LogP contribution in [0.25, 0.3) is 0 Å². The van der Waals surface area contributed by atoms with Crippen molar-refractivity contribution >= 4 is 17.7 Å². The number of alkyl halides is 2. The number of hydrogen-bond donors (Lipinski definition) is 3. The van der Waals surface area contributed by atoms with Crippen LogP contribution in [0.15, 0.2) is 48.5 Å². The zero-order valence-corrected chi connectivity index (χ0v) is 15.4. The van der Waals surface area contributed by atoms with Crippen molar-refractivity contribution in [1.82, 2.24) is 16.2 Å². The van der Waals surface area contributed by atoms with E-state index in [1.54, 1.807) is 24.3 Å².